The van der Waals surface area contributed by atoms with E-state index in [1.54, 1.807) is 24.3 Å². The van der Waals surface area contributed by atoms with Gasteiger partial charge in [0.2, 0.25) is 11.8 Å². The highest BCUT2D eigenvalue weighted by Crippen LogP contribution is 2.56. The number of anilines is 1. The van der Waals surface area contributed by atoms with Gasteiger partial charge in [0.25, 0.3) is 0 Å². The maximum Gasteiger partial charge on any atom is 0.238 e. The molecule has 6 heteroatoms. The van der Waals surface area contributed by atoms with Crippen LogP contribution in [0.15, 0.2) is 24.3 Å². The van der Waals surface area contributed by atoms with Crippen molar-refractivity contribution in [3.8, 4) is 0 Å². The monoisotopic (exact) mass is 307 g/mol. The van der Waals surface area contributed by atoms with Gasteiger partial charge in [-0.2, -0.15) is 0 Å². The minimum Gasteiger partial charge on any atom is -0.390 e. The lowest BCUT2D eigenvalue weighted by Crippen LogP contribution is -2.43. The normalized spacial score (nSPS) is 41.0. The molecule has 21 heavy (non-hydrogen) atoms. The van der Waals surface area contributed by atoms with Crippen molar-refractivity contribution in [1.29, 1.82) is 0 Å². The van der Waals surface area contributed by atoms with Crippen LogP contribution in [-0.2, 0) is 9.59 Å². The van der Waals surface area contributed by atoms with E-state index in [1.165, 1.54) is 0 Å². The Morgan fingerprint density at radius 2 is 1.62 bits per heavy atom. The molecule has 110 valence electrons. The molecule has 0 unspecified atom stereocenters. The minimum absolute atomic E-state index is 0.286. The number of rotatable bonds is 1. The molecule has 1 aliphatic heterocycles. The minimum atomic E-state index is -0.910. The Balaban J connectivity index is 1.75. The Morgan fingerprint density at radius 1 is 1.05 bits per heavy atom. The number of halogens is 1. The molecule has 0 spiro atoms. The average Bonchev–Trinajstić information content (AvgIpc) is 3.04. The van der Waals surface area contributed by atoms with Crippen LogP contribution >= 0.6 is 11.6 Å². The summed E-state index contributed by atoms with van der Waals surface area (Å²) in [6.07, 6.45) is -1.28. The van der Waals surface area contributed by atoms with E-state index < -0.39 is 24.0 Å². The molecule has 1 aromatic carbocycles. The molecule has 2 bridgehead atoms. The van der Waals surface area contributed by atoms with Crippen molar-refractivity contribution in [2.75, 3.05) is 4.90 Å². The van der Waals surface area contributed by atoms with Crippen molar-refractivity contribution in [1.82, 2.24) is 0 Å². The Labute approximate surface area is 126 Å². The number of nitrogens with zero attached hydrogens (tertiary/aromatic N) is 1. The number of aliphatic hydroxyl groups is 2. The van der Waals surface area contributed by atoms with Gasteiger partial charge in [-0.25, -0.2) is 4.90 Å². The second-order valence-electron chi connectivity index (χ2n) is 6.09. The number of imide groups is 1. The first-order chi connectivity index (χ1) is 10.0. The molecule has 4 rings (SSSR count). The first-order valence-electron chi connectivity index (χ1n) is 7.00. The van der Waals surface area contributed by atoms with Gasteiger partial charge in [-0.05, 0) is 24.6 Å². The Kier molecular flexibility index (Phi) is 2.70. The fraction of sp³-hybridized carbons (Fsp3) is 0.467. The molecule has 2 saturated carbocycles. The molecule has 1 aromatic rings. The third-order valence-electron chi connectivity index (χ3n) is 5.16. The zero-order valence-electron chi connectivity index (χ0n) is 11.0. The van der Waals surface area contributed by atoms with E-state index in [4.69, 9.17) is 11.6 Å². The lowest BCUT2D eigenvalue weighted by Gasteiger charge is -2.29. The first kappa shape index (κ1) is 13.2. The third kappa shape index (κ3) is 1.59. The van der Waals surface area contributed by atoms with E-state index in [0.717, 1.165) is 4.90 Å². The Hall–Kier alpha value is -1.43. The average molecular weight is 308 g/mol. The van der Waals surface area contributed by atoms with Gasteiger partial charge in [-0.15, -0.1) is 0 Å². The van der Waals surface area contributed by atoms with Crippen LogP contribution in [0.1, 0.15) is 6.42 Å². The number of carbonyl (C=O) groups is 2. The summed E-state index contributed by atoms with van der Waals surface area (Å²) in [5, 5.41) is 20.4. The molecular formula is C15H14ClNO4. The molecular weight excluding hydrogens is 294 g/mol. The van der Waals surface area contributed by atoms with Crippen molar-refractivity contribution in [2.45, 2.75) is 18.6 Å². The summed E-state index contributed by atoms with van der Waals surface area (Å²) in [5.74, 6) is -2.25. The van der Waals surface area contributed by atoms with E-state index in [2.05, 4.69) is 0 Å². The number of fused-ring (bicyclic) bond motifs is 5. The molecule has 2 aliphatic carbocycles. The van der Waals surface area contributed by atoms with Gasteiger partial charge in [0.05, 0.1) is 29.7 Å². The number of hydrogen-bond acceptors (Lipinski definition) is 4. The van der Waals surface area contributed by atoms with Crippen LogP contribution in [0.5, 0.6) is 0 Å². The van der Waals surface area contributed by atoms with Crippen LogP contribution in [0, 0.1) is 23.7 Å². The molecule has 5 nitrogen and oxygen atoms in total. The lowest BCUT2D eigenvalue weighted by atomic mass is 9.78. The molecule has 3 fully saturated rings. The highest BCUT2D eigenvalue weighted by atomic mass is 35.5. The summed E-state index contributed by atoms with van der Waals surface area (Å²) >= 11 is 5.93. The first-order valence-corrected chi connectivity index (χ1v) is 7.38. The zero-order valence-corrected chi connectivity index (χ0v) is 11.8. The molecule has 1 saturated heterocycles. The Morgan fingerprint density at radius 3 is 2.14 bits per heavy atom. The van der Waals surface area contributed by atoms with E-state index in [0.29, 0.717) is 17.1 Å². The zero-order chi connectivity index (χ0) is 14.9. The van der Waals surface area contributed by atoms with Crippen LogP contribution in [0.2, 0.25) is 5.02 Å². The van der Waals surface area contributed by atoms with Crippen LogP contribution < -0.4 is 4.90 Å². The van der Waals surface area contributed by atoms with Gasteiger partial charge in [-0.3, -0.25) is 9.59 Å². The predicted octanol–water partition coefficient (Wildman–Crippen LogP) is 0.817. The molecule has 2 amide bonds. The van der Waals surface area contributed by atoms with Gasteiger partial charge in [0.1, 0.15) is 0 Å². The second kappa shape index (κ2) is 4.29. The number of aliphatic hydroxyl groups excluding tert-OH is 2. The summed E-state index contributed by atoms with van der Waals surface area (Å²) in [7, 11) is 0. The summed E-state index contributed by atoms with van der Waals surface area (Å²) < 4.78 is 0. The molecule has 2 N–H and O–H groups in total. The topological polar surface area (TPSA) is 77.8 Å². The van der Waals surface area contributed by atoms with E-state index >= 15 is 0 Å². The largest absolute Gasteiger partial charge is 0.390 e. The smallest absolute Gasteiger partial charge is 0.238 e. The fourth-order valence-electron chi connectivity index (χ4n) is 4.30. The van der Waals surface area contributed by atoms with E-state index in [1.807, 2.05) is 0 Å². The number of benzene rings is 1. The second-order valence-corrected chi connectivity index (χ2v) is 6.52. The fourth-order valence-corrected chi connectivity index (χ4v) is 4.48. The quantitative estimate of drug-likeness (QED) is 0.753. The van der Waals surface area contributed by atoms with Gasteiger partial charge < -0.3 is 10.2 Å². The van der Waals surface area contributed by atoms with Crippen molar-refractivity contribution in [3.05, 3.63) is 29.3 Å². The van der Waals surface area contributed by atoms with Gasteiger partial charge in [0, 0.05) is 16.9 Å². The maximum atomic E-state index is 12.6. The summed E-state index contributed by atoms with van der Waals surface area (Å²) in [6.45, 7) is 0. The van der Waals surface area contributed by atoms with Crippen LogP contribution in [0.3, 0.4) is 0 Å². The van der Waals surface area contributed by atoms with Crippen molar-refractivity contribution in [2.24, 2.45) is 23.7 Å². The van der Waals surface area contributed by atoms with E-state index in [9.17, 15) is 19.8 Å². The van der Waals surface area contributed by atoms with Crippen molar-refractivity contribution in [3.63, 3.8) is 0 Å². The number of hydrogen-bond donors (Lipinski definition) is 2. The van der Waals surface area contributed by atoms with Gasteiger partial charge >= 0.3 is 0 Å². The maximum absolute atomic E-state index is 12.6. The molecule has 1 heterocycles. The molecule has 0 aromatic heterocycles. The highest BCUT2D eigenvalue weighted by Gasteiger charge is 2.67. The van der Waals surface area contributed by atoms with Crippen molar-refractivity contribution < 1.29 is 19.8 Å². The standard InChI is InChI=1S/C15H14ClNO4/c16-6-2-1-3-7(4-6)17-14(20)10-8-5-9(11(10)15(17)21)13(19)12(8)18/h1-4,8-13,18-19H,5H2/t8-,9-,10-,11-,12-,13+/m0/s1. The predicted molar refractivity (Wildman–Crippen MR) is 74.5 cm³/mol. The highest BCUT2D eigenvalue weighted by molar-refractivity contribution is 6.31. The van der Waals surface area contributed by atoms with Crippen LogP contribution in [-0.4, -0.2) is 34.2 Å². The molecule has 0 radical (unpaired) electrons. The van der Waals surface area contributed by atoms with E-state index in [-0.39, 0.29) is 23.7 Å². The molecule has 6 atom stereocenters. The van der Waals surface area contributed by atoms with Gasteiger partial charge in [0.15, 0.2) is 0 Å². The third-order valence-corrected chi connectivity index (χ3v) is 5.39. The number of carbonyl (C=O) groups excluding carboxylic acids is 2. The SMILES string of the molecule is O=C1[C@H]2[C@@H]3C[C@H]([C@@H](O)[C@H]3O)[C@@H]2C(=O)N1c1cccc(Cl)c1. The number of amides is 2. The summed E-state index contributed by atoms with van der Waals surface area (Å²) in [5.41, 5.74) is 0.454. The van der Waals surface area contributed by atoms with Crippen LogP contribution in [0.25, 0.3) is 0 Å². The van der Waals surface area contributed by atoms with Gasteiger partial charge in [-0.1, -0.05) is 17.7 Å². The summed E-state index contributed by atoms with van der Waals surface area (Å²) in [6, 6.07) is 6.60. The summed E-state index contributed by atoms with van der Waals surface area (Å²) in [4.78, 5) is 26.4. The lowest BCUT2D eigenvalue weighted by molar-refractivity contribution is -0.129. The molecule has 3 aliphatic rings. The van der Waals surface area contributed by atoms with Crippen molar-refractivity contribution >= 4 is 29.1 Å². The van der Waals surface area contributed by atoms with Crippen LogP contribution in [0.4, 0.5) is 5.69 Å². The Bertz CT molecular complexity index is 616.